The summed E-state index contributed by atoms with van der Waals surface area (Å²) >= 11 is 0. The molecule has 23 heavy (non-hydrogen) atoms. The van der Waals surface area contributed by atoms with Crippen molar-refractivity contribution in [3.05, 3.63) is 35.8 Å². The van der Waals surface area contributed by atoms with Gasteiger partial charge in [-0.05, 0) is 25.0 Å². The molecule has 6 N–H and O–H groups in total. The number of aromatic amines is 1. The summed E-state index contributed by atoms with van der Waals surface area (Å²) in [6.45, 7) is 0. The summed E-state index contributed by atoms with van der Waals surface area (Å²) in [6, 6.07) is 5.60. The zero-order valence-electron chi connectivity index (χ0n) is 13.1. The van der Waals surface area contributed by atoms with Gasteiger partial charge in [-0.2, -0.15) is 0 Å². The Labute approximate surface area is 135 Å². The van der Waals surface area contributed by atoms with Gasteiger partial charge in [-0.1, -0.05) is 18.9 Å². The van der Waals surface area contributed by atoms with Crippen LogP contribution < -0.4 is 11.5 Å². The Balaban J connectivity index is 1.86. The lowest BCUT2D eigenvalue weighted by Gasteiger charge is -2.03. The molecule has 1 amide bonds. The minimum absolute atomic E-state index is 0.228. The van der Waals surface area contributed by atoms with Crippen LogP contribution in [0.25, 0.3) is 11.3 Å². The van der Waals surface area contributed by atoms with Crippen LogP contribution in [0.1, 0.15) is 43.5 Å². The van der Waals surface area contributed by atoms with E-state index in [4.69, 9.17) is 16.9 Å². The van der Waals surface area contributed by atoms with Gasteiger partial charge in [0.25, 0.3) is 0 Å². The molecular weight excluding hydrogens is 290 g/mol. The lowest BCUT2D eigenvalue weighted by molar-refractivity contribution is -0.118. The van der Waals surface area contributed by atoms with Crippen molar-refractivity contribution in [3.63, 3.8) is 0 Å². The first-order chi connectivity index (χ1) is 11.1. The van der Waals surface area contributed by atoms with E-state index >= 15 is 0 Å². The second-order valence-corrected chi connectivity index (χ2v) is 5.61. The minimum Gasteiger partial charge on any atom is -0.398 e. The molecule has 0 radical (unpaired) electrons. The summed E-state index contributed by atoms with van der Waals surface area (Å²) in [5, 5.41) is 7.36. The van der Waals surface area contributed by atoms with Crippen molar-refractivity contribution in [2.75, 3.05) is 5.73 Å². The first kappa shape index (κ1) is 16.7. The zero-order valence-corrected chi connectivity index (χ0v) is 13.1. The van der Waals surface area contributed by atoms with E-state index < -0.39 is 0 Å². The molecule has 0 aliphatic rings. The maximum atomic E-state index is 10.6. The van der Waals surface area contributed by atoms with Gasteiger partial charge in [-0.25, -0.2) is 4.98 Å². The highest BCUT2D eigenvalue weighted by Gasteiger charge is 2.05. The topological polar surface area (TPSA) is 122 Å². The fourth-order valence-corrected chi connectivity index (χ4v) is 2.45. The molecule has 6 heteroatoms. The number of hydrogen-bond acceptors (Lipinski definition) is 4. The van der Waals surface area contributed by atoms with Gasteiger partial charge in [0.15, 0.2) is 0 Å². The Morgan fingerprint density at radius 1 is 1.26 bits per heavy atom. The molecule has 1 aromatic carbocycles. The number of nitrogen functional groups attached to an aromatic ring is 1. The average molecular weight is 313 g/mol. The standard InChI is InChI=1S/C17H23N5O/c18-10-13-9-12(7-8-14(13)19)15-11-21-17(22-15)6-4-2-1-3-5-16(20)23/h7-11,18H,1-6,19H2,(H2,20,23)(H,21,22). The number of carbonyl (C=O) groups excluding carboxylic acids is 1. The normalized spacial score (nSPS) is 10.6. The van der Waals surface area contributed by atoms with Crippen LogP contribution in [0.2, 0.25) is 0 Å². The van der Waals surface area contributed by atoms with Crippen molar-refractivity contribution in [3.8, 4) is 11.3 Å². The Morgan fingerprint density at radius 2 is 2.04 bits per heavy atom. The molecule has 0 spiro atoms. The number of benzene rings is 1. The Hall–Kier alpha value is -2.63. The smallest absolute Gasteiger partial charge is 0.217 e. The van der Waals surface area contributed by atoms with Crippen molar-refractivity contribution in [2.45, 2.75) is 38.5 Å². The van der Waals surface area contributed by atoms with E-state index in [0.29, 0.717) is 17.7 Å². The van der Waals surface area contributed by atoms with Crippen LogP contribution >= 0.6 is 0 Å². The Morgan fingerprint density at radius 3 is 2.78 bits per heavy atom. The van der Waals surface area contributed by atoms with Gasteiger partial charge in [-0.15, -0.1) is 0 Å². The van der Waals surface area contributed by atoms with Crippen LogP contribution in [0.3, 0.4) is 0 Å². The summed E-state index contributed by atoms with van der Waals surface area (Å²) < 4.78 is 0. The maximum absolute atomic E-state index is 10.6. The number of rotatable bonds is 9. The molecule has 1 heterocycles. The number of H-pyrrole nitrogens is 1. The molecule has 0 saturated carbocycles. The molecule has 0 saturated heterocycles. The Bertz CT molecular complexity index is 677. The largest absolute Gasteiger partial charge is 0.398 e. The molecule has 0 unspecified atom stereocenters. The summed E-state index contributed by atoms with van der Waals surface area (Å²) in [4.78, 5) is 18.3. The van der Waals surface area contributed by atoms with E-state index in [2.05, 4.69) is 9.97 Å². The lowest BCUT2D eigenvalue weighted by Crippen LogP contribution is -2.09. The first-order valence-electron chi connectivity index (χ1n) is 7.82. The highest BCUT2D eigenvalue weighted by atomic mass is 16.1. The third-order valence-corrected chi connectivity index (χ3v) is 3.77. The SMILES string of the molecule is N=Cc1cc(-c2cnc(CCCCCCC(N)=O)[nH]2)ccc1N. The highest BCUT2D eigenvalue weighted by molar-refractivity contribution is 5.87. The average Bonchev–Trinajstić information content (AvgIpc) is 3.00. The quantitative estimate of drug-likeness (QED) is 0.323. The van der Waals surface area contributed by atoms with Gasteiger partial charge in [0, 0.05) is 35.9 Å². The number of carbonyl (C=O) groups is 1. The maximum Gasteiger partial charge on any atom is 0.217 e. The monoisotopic (exact) mass is 313 g/mol. The fraction of sp³-hybridized carbons (Fsp3) is 0.353. The number of aromatic nitrogens is 2. The number of unbranched alkanes of at least 4 members (excludes halogenated alkanes) is 3. The van der Waals surface area contributed by atoms with Crippen molar-refractivity contribution in [1.29, 1.82) is 5.41 Å². The molecule has 122 valence electrons. The molecule has 2 aromatic rings. The molecule has 0 aliphatic carbocycles. The van der Waals surface area contributed by atoms with Gasteiger partial charge < -0.3 is 21.9 Å². The predicted octanol–water partition coefficient (Wildman–Crippen LogP) is 2.63. The van der Waals surface area contributed by atoms with Gasteiger partial charge in [0.2, 0.25) is 5.91 Å². The van der Waals surface area contributed by atoms with E-state index in [1.54, 1.807) is 6.07 Å². The number of aryl methyl sites for hydroxylation is 1. The summed E-state index contributed by atoms with van der Waals surface area (Å²) in [5.74, 6) is 0.719. The number of amides is 1. The first-order valence-corrected chi connectivity index (χ1v) is 7.82. The summed E-state index contributed by atoms with van der Waals surface area (Å²) in [6.07, 6.45) is 8.36. The van der Waals surface area contributed by atoms with Crippen LogP contribution in [-0.4, -0.2) is 22.1 Å². The third-order valence-electron chi connectivity index (χ3n) is 3.77. The number of imidazole rings is 1. The van der Waals surface area contributed by atoms with Gasteiger partial charge in [-0.3, -0.25) is 4.79 Å². The summed E-state index contributed by atoms with van der Waals surface area (Å²) in [7, 11) is 0. The number of nitrogens with two attached hydrogens (primary N) is 2. The number of nitrogens with one attached hydrogen (secondary N) is 2. The van der Waals surface area contributed by atoms with Crippen molar-refractivity contribution >= 4 is 17.8 Å². The van der Waals surface area contributed by atoms with E-state index in [0.717, 1.165) is 49.2 Å². The van der Waals surface area contributed by atoms with Crippen molar-refractivity contribution < 1.29 is 4.79 Å². The molecule has 0 fully saturated rings. The molecular formula is C17H23N5O. The second-order valence-electron chi connectivity index (χ2n) is 5.61. The number of primary amides is 1. The number of nitrogens with zero attached hydrogens (tertiary/aromatic N) is 1. The van der Waals surface area contributed by atoms with Crippen LogP contribution in [0.4, 0.5) is 5.69 Å². The van der Waals surface area contributed by atoms with Crippen LogP contribution in [-0.2, 0) is 11.2 Å². The summed E-state index contributed by atoms with van der Waals surface area (Å²) in [5.41, 5.74) is 14.1. The highest BCUT2D eigenvalue weighted by Crippen LogP contribution is 2.22. The van der Waals surface area contributed by atoms with E-state index in [1.165, 1.54) is 6.21 Å². The molecule has 6 nitrogen and oxygen atoms in total. The van der Waals surface area contributed by atoms with Crippen molar-refractivity contribution in [1.82, 2.24) is 9.97 Å². The van der Waals surface area contributed by atoms with Crippen LogP contribution in [0.15, 0.2) is 24.4 Å². The lowest BCUT2D eigenvalue weighted by atomic mass is 10.1. The molecule has 2 rings (SSSR count). The van der Waals surface area contributed by atoms with Gasteiger partial charge in [0.1, 0.15) is 5.82 Å². The molecule has 0 bridgehead atoms. The minimum atomic E-state index is -0.228. The fourth-order valence-electron chi connectivity index (χ4n) is 2.45. The van der Waals surface area contributed by atoms with E-state index in [1.807, 2.05) is 18.3 Å². The van der Waals surface area contributed by atoms with Crippen molar-refractivity contribution in [2.24, 2.45) is 5.73 Å². The van der Waals surface area contributed by atoms with E-state index in [9.17, 15) is 4.79 Å². The molecule has 1 aromatic heterocycles. The number of hydrogen-bond donors (Lipinski definition) is 4. The predicted molar refractivity (Wildman–Crippen MR) is 92.3 cm³/mol. The Kier molecular flexibility index (Phi) is 5.91. The second kappa shape index (κ2) is 8.12. The van der Waals surface area contributed by atoms with Crippen LogP contribution in [0, 0.1) is 5.41 Å². The molecule has 0 atom stereocenters. The zero-order chi connectivity index (χ0) is 16.7. The third kappa shape index (κ3) is 4.95. The number of anilines is 1. The van der Waals surface area contributed by atoms with E-state index in [-0.39, 0.29) is 5.91 Å². The van der Waals surface area contributed by atoms with Gasteiger partial charge in [0.05, 0.1) is 11.9 Å². The van der Waals surface area contributed by atoms with Gasteiger partial charge >= 0.3 is 0 Å². The molecule has 0 aliphatic heterocycles. The van der Waals surface area contributed by atoms with Crippen LogP contribution in [0.5, 0.6) is 0 Å².